The molecule has 0 saturated carbocycles. The molecule has 1 aliphatic rings. The highest BCUT2D eigenvalue weighted by molar-refractivity contribution is 5.70. The first kappa shape index (κ1) is 11.9. The maximum atomic E-state index is 10.9. The summed E-state index contributed by atoms with van der Waals surface area (Å²) in [7, 11) is 0. The van der Waals surface area contributed by atoms with E-state index in [0.29, 0.717) is 12.4 Å². The Bertz CT molecular complexity index is 435. The minimum Gasteiger partial charge on any atom is -0.491 e. The molecule has 2 rings (SSSR count). The second-order valence-electron chi connectivity index (χ2n) is 4.17. The highest BCUT2D eigenvalue weighted by Crippen LogP contribution is 2.29. The smallest absolute Gasteiger partial charge is 0.308 e. The number of carbonyl (C=O) groups excluding carboxylic acids is 1. The van der Waals surface area contributed by atoms with Gasteiger partial charge in [0, 0.05) is 6.92 Å². The Balaban J connectivity index is 2.12. The molecule has 1 aliphatic heterocycles. The summed E-state index contributed by atoms with van der Waals surface area (Å²) in [6, 6.07) is 3.58. The molecule has 1 unspecified atom stereocenters. The van der Waals surface area contributed by atoms with E-state index in [4.69, 9.17) is 14.2 Å². The largest absolute Gasteiger partial charge is 0.491 e. The predicted molar refractivity (Wildman–Crippen MR) is 62.5 cm³/mol. The molecule has 4 heteroatoms. The molecular formula is C13H16O4. The van der Waals surface area contributed by atoms with Gasteiger partial charge >= 0.3 is 5.97 Å². The van der Waals surface area contributed by atoms with Gasteiger partial charge in [-0.25, -0.2) is 0 Å². The van der Waals surface area contributed by atoms with Crippen molar-refractivity contribution in [2.45, 2.75) is 26.9 Å². The quantitative estimate of drug-likeness (QED) is 0.456. The molecule has 0 N–H and O–H groups in total. The van der Waals surface area contributed by atoms with Crippen LogP contribution in [0.1, 0.15) is 18.1 Å². The molecule has 1 aromatic rings. The van der Waals surface area contributed by atoms with Crippen LogP contribution >= 0.6 is 0 Å². The third-order valence-electron chi connectivity index (χ3n) is 2.77. The Kier molecular flexibility index (Phi) is 3.33. The van der Waals surface area contributed by atoms with Gasteiger partial charge in [-0.2, -0.15) is 0 Å². The minimum absolute atomic E-state index is 0.239. The van der Waals surface area contributed by atoms with Crippen molar-refractivity contribution < 1.29 is 19.0 Å². The van der Waals surface area contributed by atoms with Gasteiger partial charge in [-0.15, -0.1) is 0 Å². The molecule has 1 aromatic carbocycles. The second-order valence-corrected chi connectivity index (χ2v) is 4.17. The summed E-state index contributed by atoms with van der Waals surface area (Å²) in [6.07, 6.45) is 0.239. The van der Waals surface area contributed by atoms with Crippen LogP contribution in [0.5, 0.6) is 11.5 Å². The molecule has 1 heterocycles. The van der Waals surface area contributed by atoms with Gasteiger partial charge < -0.3 is 14.2 Å². The molecular weight excluding hydrogens is 220 g/mol. The van der Waals surface area contributed by atoms with Crippen LogP contribution in [0.15, 0.2) is 12.1 Å². The summed E-state index contributed by atoms with van der Waals surface area (Å²) in [5.41, 5.74) is 1.92. The van der Waals surface area contributed by atoms with E-state index in [9.17, 15) is 4.79 Å². The Hall–Kier alpha value is -1.55. The summed E-state index contributed by atoms with van der Waals surface area (Å²) in [5, 5.41) is 0. The molecule has 0 radical (unpaired) electrons. The summed E-state index contributed by atoms with van der Waals surface area (Å²) >= 11 is 0. The van der Waals surface area contributed by atoms with Crippen molar-refractivity contribution >= 4 is 5.97 Å². The monoisotopic (exact) mass is 236 g/mol. The summed E-state index contributed by atoms with van der Waals surface area (Å²) in [4.78, 5) is 10.9. The van der Waals surface area contributed by atoms with Crippen molar-refractivity contribution in [3.8, 4) is 11.5 Å². The van der Waals surface area contributed by atoms with Gasteiger partial charge in [-0.3, -0.25) is 4.79 Å². The van der Waals surface area contributed by atoms with Crippen molar-refractivity contribution in [2.75, 3.05) is 13.2 Å². The number of benzene rings is 1. The minimum atomic E-state index is -0.312. The normalized spacial score (nSPS) is 17.7. The Labute approximate surface area is 100 Å². The Morgan fingerprint density at radius 1 is 1.35 bits per heavy atom. The standard InChI is InChI=1S/C13H16O4/c1-8-9(2)13(17-10(3)14)5-4-12(8)16-7-11-6-15-11/h4-5,11H,6-7H2,1-3H3. The third kappa shape index (κ3) is 2.97. The molecule has 4 nitrogen and oxygen atoms in total. The zero-order valence-corrected chi connectivity index (χ0v) is 10.3. The number of hydrogen-bond donors (Lipinski definition) is 0. The lowest BCUT2D eigenvalue weighted by molar-refractivity contribution is -0.131. The average molecular weight is 236 g/mol. The molecule has 92 valence electrons. The van der Waals surface area contributed by atoms with E-state index in [-0.39, 0.29) is 12.1 Å². The van der Waals surface area contributed by atoms with E-state index in [1.165, 1.54) is 6.92 Å². The fourth-order valence-corrected chi connectivity index (χ4v) is 1.54. The van der Waals surface area contributed by atoms with Crippen molar-refractivity contribution in [1.82, 2.24) is 0 Å². The predicted octanol–water partition coefficient (Wildman–Crippen LogP) is 2.01. The number of esters is 1. The number of hydrogen-bond acceptors (Lipinski definition) is 4. The molecule has 0 aliphatic carbocycles. The van der Waals surface area contributed by atoms with Gasteiger partial charge in [0.2, 0.25) is 0 Å². The molecule has 1 fully saturated rings. The number of rotatable bonds is 4. The Morgan fingerprint density at radius 3 is 2.53 bits per heavy atom. The lowest BCUT2D eigenvalue weighted by Gasteiger charge is -2.13. The van der Waals surface area contributed by atoms with Crippen LogP contribution in [0.2, 0.25) is 0 Å². The van der Waals surface area contributed by atoms with E-state index in [2.05, 4.69) is 0 Å². The van der Waals surface area contributed by atoms with Crippen LogP contribution in [0, 0.1) is 13.8 Å². The molecule has 1 saturated heterocycles. The van der Waals surface area contributed by atoms with Crippen molar-refractivity contribution in [2.24, 2.45) is 0 Å². The van der Waals surface area contributed by atoms with Crippen LogP contribution in [-0.4, -0.2) is 25.3 Å². The summed E-state index contributed by atoms with van der Waals surface area (Å²) < 4.78 is 15.8. The average Bonchev–Trinajstić information content (AvgIpc) is 3.07. The van der Waals surface area contributed by atoms with Crippen molar-refractivity contribution in [3.63, 3.8) is 0 Å². The van der Waals surface area contributed by atoms with Crippen LogP contribution in [0.25, 0.3) is 0 Å². The van der Waals surface area contributed by atoms with E-state index in [1.54, 1.807) is 6.07 Å². The van der Waals surface area contributed by atoms with Crippen molar-refractivity contribution in [1.29, 1.82) is 0 Å². The lowest BCUT2D eigenvalue weighted by atomic mass is 10.1. The van der Waals surface area contributed by atoms with Crippen LogP contribution in [0.4, 0.5) is 0 Å². The highest BCUT2D eigenvalue weighted by Gasteiger charge is 2.23. The van der Waals surface area contributed by atoms with Gasteiger partial charge in [0.15, 0.2) is 0 Å². The summed E-state index contributed by atoms with van der Waals surface area (Å²) in [5.74, 6) is 1.09. The summed E-state index contributed by atoms with van der Waals surface area (Å²) in [6.45, 7) is 6.61. The van der Waals surface area contributed by atoms with Gasteiger partial charge in [-0.05, 0) is 37.1 Å². The first-order valence-electron chi connectivity index (χ1n) is 5.61. The van der Waals surface area contributed by atoms with Gasteiger partial charge in [-0.1, -0.05) is 0 Å². The molecule has 0 bridgehead atoms. The van der Waals surface area contributed by atoms with Gasteiger partial charge in [0.1, 0.15) is 24.2 Å². The first-order valence-corrected chi connectivity index (χ1v) is 5.61. The van der Waals surface area contributed by atoms with E-state index < -0.39 is 0 Å². The van der Waals surface area contributed by atoms with Gasteiger partial charge in [0.25, 0.3) is 0 Å². The van der Waals surface area contributed by atoms with E-state index >= 15 is 0 Å². The molecule has 0 aromatic heterocycles. The zero-order chi connectivity index (χ0) is 12.4. The maximum absolute atomic E-state index is 10.9. The topological polar surface area (TPSA) is 48.1 Å². The van der Waals surface area contributed by atoms with Crippen LogP contribution in [-0.2, 0) is 9.53 Å². The van der Waals surface area contributed by atoms with Crippen molar-refractivity contribution in [3.05, 3.63) is 23.3 Å². The van der Waals surface area contributed by atoms with Crippen LogP contribution < -0.4 is 9.47 Å². The fourth-order valence-electron chi connectivity index (χ4n) is 1.54. The van der Waals surface area contributed by atoms with Gasteiger partial charge in [0.05, 0.1) is 6.61 Å². The number of carbonyl (C=O) groups is 1. The second kappa shape index (κ2) is 4.75. The first-order chi connectivity index (χ1) is 8.08. The number of epoxide rings is 1. The SMILES string of the molecule is CC(=O)Oc1ccc(OCC2CO2)c(C)c1C. The molecule has 0 spiro atoms. The number of ether oxygens (including phenoxy) is 3. The lowest BCUT2D eigenvalue weighted by Crippen LogP contribution is -2.07. The van der Waals surface area contributed by atoms with E-state index in [1.807, 2.05) is 19.9 Å². The third-order valence-corrected chi connectivity index (χ3v) is 2.77. The maximum Gasteiger partial charge on any atom is 0.308 e. The Morgan fingerprint density at radius 2 is 1.94 bits per heavy atom. The highest BCUT2D eigenvalue weighted by atomic mass is 16.6. The molecule has 0 amide bonds. The molecule has 17 heavy (non-hydrogen) atoms. The van der Waals surface area contributed by atoms with Crippen LogP contribution in [0.3, 0.4) is 0 Å². The zero-order valence-electron chi connectivity index (χ0n) is 10.3. The van der Waals surface area contributed by atoms with E-state index in [0.717, 1.165) is 23.5 Å². The molecule has 1 atom stereocenters. The fraction of sp³-hybridized carbons (Fsp3) is 0.462.